The number of amides is 2. The zero-order valence-electron chi connectivity index (χ0n) is 11.8. The lowest BCUT2D eigenvalue weighted by atomic mass is 10.1. The van der Waals surface area contributed by atoms with Crippen LogP contribution in [0.3, 0.4) is 0 Å². The largest absolute Gasteiger partial charge is 0.481 e. The molecule has 0 bridgehead atoms. The molecule has 0 aliphatic carbocycles. The Labute approximate surface area is 119 Å². The van der Waals surface area contributed by atoms with Gasteiger partial charge < -0.3 is 15.7 Å². The van der Waals surface area contributed by atoms with E-state index in [-0.39, 0.29) is 18.7 Å². The predicted octanol–water partition coefficient (Wildman–Crippen LogP) is -0.132. The first kappa shape index (κ1) is 18.7. The molecule has 0 fully saturated rings. The summed E-state index contributed by atoms with van der Waals surface area (Å²) < 4.78 is 24.9. The number of hydrogen-bond donors (Lipinski definition) is 4. The van der Waals surface area contributed by atoms with Crippen molar-refractivity contribution in [3.8, 4) is 0 Å². The molecule has 0 rings (SSSR count). The van der Waals surface area contributed by atoms with Gasteiger partial charge in [0.05, 0.1) is 12.2 Å². The van der Waals surface area contributed by atoms with Crippen LogP contribution in [0.4, 0.5) is 4.79 Å². The summed E-state index contributed by atoms with van der Waals surface area (Å²) in [7, 11) is -3.37. The van der Waals surface area contributed by atoms with Gasteiger partial charge in [0.2, 0.25) is 10.0 Å². The van der Waals surface area contributed by atoms with Gasteiger partial charge in [0.1, 0.15) is 0 Å². The minimum atomic E-state index is -3.37. The van der Waals surface area contributed by atoms with Gasteiger partial charge in [-0.1, -0.05) is 20.3 Å². The molecule has 4 N–H and O–H groups in total. The van der Waals surface area contributed by atoms with Gasteiger partial charge in [0, 0.05) is 19.1 Å². The Kier molecular flexibility index (Phi) is 8.89. The first-order valence-corrected chi connectivity index (χ1v) is 8.19. The Hall–Kier alpha value is -1.35. The van der Waals surface area contributed by atoms with Crippen molar-refractivity contribution in [2.45, 2.75) is 39.2 Å². The highest BCUT2D eigenvalue weighted by atomic mass is 32.2. The summed E-state index contributed by atoms with van der Waals surface area (Å²) in [6.07, 6.45) is 1.14. The molecule has 8 nitrogen and oxygen atoms in total. The number of urea groups is 1. The summed E-state index contributed by atoms with van der Waals surface area (Å²) in [6.45, 7) is 3.81. The summed E-state index contributed by atoms with van der Waals surface area (Å²) in [5, 5.41) is 13.6. The normalized spacial score (nSPS) is 12.7. The van der Waals surface area contributed by atoms with E-state index < -0.39 is 28.1 Å². The average molecular weight is 309 g/mol. The van der Waals surface area contributed by atoms with E-state index >= 15 is 0 Å². The van der Waals surface area contributed by atoms with Gasteiger partial charge in [-0.3, -0.25) is 4.79 Å². The molecular weight excluding hydrogens is 286 g/mol. The lowest BCUT2D eigenvalue weighted by Crippen LogP contribution is -2.45. The molecule has 0 aliphatic heterocycles. The number of aliphatic carboxylic acids is 1. The van der Waals surface area contributed by atoms with Crippen LogP contribution in [0.25, 0.3) is 0 Å². The maximum absolute atomic E-state index is 11.5. The second-order valence-electron chi connectivity index (χ2n) is 4.30. The number of carboxylic acids is 1. The van der Waals surface area contributed by atoms with Crippen LogP contribution in [0.15, 0.2) is 0 Å². The first-order chi connectivity index (χ1) is 9.30. The van der Waals surface area contributed by atoms with Crippen molar-refractivity contribution in [3.63, 3.8) is 0 Å². The van der Waals surface area contributed by atoms with Crippen molar-refractivity contribution < 1.29 is 23.1 Å². The Morgan fingerprint density at radius 1 is 1.25 bits per heavy atom. The third kappa shape index (κ3) is 9.56. The van der Waals surface area contributed by atoms with E-state index in [4.69, 9.17) is 5.11 Å². The van der Waals surface area contributed by atoms with Gasteiger partial charge in [0.25, 0.3) is 0 Å². The molecule has 20 heavy (non-hydrogen) atoms. The van der Waals surface area contributed by atoms with Crippen LogP contribution in [0, 0.1) is 0 Å². The molecule has 0 aliphatic rings. The number of sulfonamides is 1. The number of hydrogen-bond acceptors (Lipinski definition) is 4. The number of carboxylic acid groups (broad SMARTS) is 1. The fourth-order valence-corrected chi connectivity index (χ4v) is 2.57. The number of carbonyl (C=O) groups is 2. The van der Waals surface area contributed by atoms with Crippen molar-refractivity contribution in [2.24, 2.45) is 0 Å². The summed E-state index contributed by atoms with van der Waals surface area (Å²) >= 11 is 0. The van der Waals surface area contributed by atoms with Crippen LogP contribution in [0.5, 0.6) is 0 Å². The Morgan fingerprint density at radius 2 is 1.90 bits per heavy atom. The summed E-state index contributed by atoms with van der Waals surface area (Å²) in [5.41, 5.74) is 0. The van der Waals surface area contributed by atoms with E-state index in [1.54, 1.807) is 6.92 Å². The van der Waals surface area contributed by atoms with Gasteiger partial charge in [0.15, 0.2) is 0 Å². The zero-order valence-corrected chi connectivity index (χ0v) is 12.6. The molecule has 0 spiro atoms. The lowest BCUT2D eigenvalue weighted by molar-refractivity contribution is -0.137. The second kappa shape index (κ2) is 9.54. The van der Waals surface area contributed by atoms with Crippen molar-refractivity contribution in [2.75, 3.05) is 18.8 Å². The van der Waals surface area contributed by atoms with Crippen LogP contribution in [-0.4, -0.2) is 50.4 Å². The second-order valence-corrected chi connectivity index (χ2v) is 6.23. The molecule has 0 aromatic carbocycles. The van der Waals surface area contributed by atoms with Crippen LogP contribution in [-0.2, 0) is 14.8 Å². The SMILES string of the molecule is CCCC(CC(=O)O)NC(=O)NCCS(=O)(=O)NCC. The number of carbonyl (C=O) groups excluding carboxylic acids is 1. The number of nitrogens with one attached hydrogen (secondary N) is 3. The average Bonchev–Trinajstić information content (AvgIpc) is 2.27. The molecule has 1 atom stereocenters. The molecule has 0 heterocycles. The zero-order chi connectivity index (χ0) is 15.6. The summed E-state index contributed by atoms with van der Waals surface area (Å²) in [6, 6.07) is -1.01. The van der Waals surface area contributed by atoms with Crippen LogP contribution < -0.4 is 15.4 Å². The summed E-state index contributed by atoms with van der Waals surface area (Å²) in [4.78, 5) is 22.1. The van der Waals surface area contributed by atoms with E-state index in [0.717, 1.165) is 6.42 Å². The van der Waals surface area contributed by atoms with Gasteiger partial charge in [-0.05, 0) is 6.42 Å². The van der Waals surface area contributed by atoms with Gasteiger partial charge >= 0.3 is 12.0 Å². The number of rotatable bonds is 10. The molecule has 0 aromatic heterocycles. The molecule has 1 unspecified atom stereocenters. The smallest absolute Gasteiger partial charge is 0.315 e. The van der Waals surface area contributed by atoms with E-state index in [2.05, 4.69) is 15.4 Å². The van der Waals surface area contributed by atoms with Crippen molar-refractivity contribution >= 4 is 22.0 Å². The van der Waals surface area contributed by atoms with E-state index in [1.807, 2.05) is 6.92 Å². The first-order valence-electron chi connectivity index (χ1n) is 6.54. The standard InChI is InChI=1S/C11H23N3O5S/c1-3-5-9(8-10(15)16)14-11(17)12-6-7-20(18,19)13-4-2/h9,13H,3-8H2,1-2H3,(H,15,16)(H2,12,14,17). The van der Waals surface area contributed by atoms with Gasteiger partial charge in [-0.25, -0.2) is 17.9 Å². The van der Waals surface area contributed by atoms with Gasteiger partial charge in [-0.15, -0.1) is 0 Å². The quantitative estimate of drug-likeness (QED) is 0.447. The maximum Gasteiger partial charge on any atom is 0.315 e. The Balaban J connectivity index is 4.10. The van der Waals surface area contributed by atoms with Crippen molar-refractivity contribution in [3.05, 3.63) is 0 Å². The highest BCUT2D eigenvalue weighted by Gasteiger charge is 2.15. The van der Waals surface area contributed by atoms with Gasteiger partial charge in [-0.2, -0.15) is 0 Å². The monoisotopic (exact) mass is 309 g/mol. The maximum atomic E-state index is 11.5. The highest BCUT2D eigenvalue weighted by Crippen LogP contribution is 2.01. The molecule has 2 amide bonds. The topological polar surface area (TPSA) is 125 Å². The molecule has 9 heteroatoms. The van der Waals surface area contributed by atoms with Crippen LogP contribution in [0.1, 0.15) is 33.1 Å². The predicted molar refractivity (Wildman–Crippen MR) is 74.9 cm³/mol. The van der Waals surface area contributed by atoms with Crippen LogP contribution in [0.2, 0.25) is 0 Å². The van der Waals surface area contributed by atoms with E-state index in [9.17, 15) is 18.0 Å². The Bertz CT molecular complexity index is 410. The van der Waals surface area contributed by atoms with E-state index in [0.29, 0.717) is 13.0 Å². The molecule has 0 saturated heterocycles. The molecule has 0 saturated carbocycles. The third-order valence-electron chi connectivity index (χ3n) is 2.41. The molecule has 118 valence electrons. The third-order valence-corrected chi connectivity index (χ3v) is 3.88. The molecular formula is C11H23N3O5S. The fourth-order valence-electron chi connectivity index (χ4n) is 1.61. The minimum Gasteiger partial charge on any atom is -0.481 e. The van der Waals surface area contributed by atoms with Crippen LogP contribution >= 0.6 is 0 Å². The Morgan fingerprint density at radius 3 is 2.40 bits per heavy atom. The molecule has 0 radical (unpaired) electrons. The van der Waals surface area contributed by atoms with E-state index in [1.165, 1.54) is 0 Å². The lowest BCUT2D eigenvalue weighted by Gasteiger charge is -2.16. The summed E-state index contributed by atoms with van der Waals surface area (Å²) in [5.74, 6) is -1.20. The van der Waals surface area contributed by atoms with Crippen molar-refractivity contribution in [1.29, 1.82) is 0 Å². The van der Waals surface area contributed by atoms with Crippen molar-refractivity contribution in [1.82, 2.24) is 15.4 Å². The highest BCUT2D eigenvalue weighted by molar-refractivity contribution is 7.89. The molecule has 0 aromatic rings. The fraction of sp³-hybridized carbons (Fsp3) is 0.818. The minimum absolute atomic E-state index is 0.0346.